The van der Waals surface area contributed by atoms with E-state index in [4.69, 9.17) is 0 Å². The summed E-state index contributed by atoms with van der Waals surface area (Å²) in [5, 5.41) is 0. The van der Waals surface area contributed by atoms with E-state index in [0.717, 1.165) is 0 Å². The fourth-order valence-electron chi connectivity index (χ4n) is 0.684. The normalized spacial score (nSPS) is 4.57. The number of hydrogen-bond donors (Lipinski definition) is 0. The fourth-order valence-corrected chi connectivity index (χ4v) is 0.684. The van der Waals surface area contributed by atoms with E-state index in [9.17, 15) is 0 Å². The van der Waals surface area contributed by atoms with Crippen LogP contribution < -0.4 is 9.97 Å². The second-order valence-corrected chi connectivity index (χ2v) is 2.15. The molecule has 11 heteroatoms. The maximum Gasteiger partial charge on any atom is 6.00 e. The average molecular weight is 376 g/mol. The van der Waals surface area contributed by atoms with Gasteiger partial charge in [-0.2, -0.15) is 0 Å². The molecule has 0 saturated carbocycles. The number of hydrogen-bond acceptors (Lipinski definition) is 0. The van der Waals surface area contributed by atoms with Crippen LogP contribution in [0.4, 0.5) is 0 Å². The first-order valence-electron chi connectivity index (χ1n) is 3.82. The van der Waals surface area contributed by atoms with Gasteiger partial charge >= 0.3 is 34.7 Å². The number of H-pyrrole nitrogens is 2. The van der Waals surface area contributed by atoms with Crippen molar-refractivity contribution in [3.05, 3.63) is 61.2 Å². The SMILES string of the molecule is [Cr+6].[Cr+6].[O-2].[O-2].[O-2].[O-2].[O-2].[O-2].[O-2].c1cc[nH+]cc1.c1cc[nH+]cc1. The second kappa shape index (κ2) is 50.8. The molecule has 2 heterocycles. The molecular weight excluding hydrogens is 364 g/mol. The molecule has 0 amide bonds. The van der Waals surface area contributed by atoms with Crippen LogP contribution in [0.3, 0.4) is 0 Å². The van der Waals surface area contributed by atoms with Crippen molar-refractivity contribution >= 4 is 0 Å². The summed E-state index contributed by atoms with van der Waals surface area (Å²) in [4.78, 5) is 5.78. The van der Waals surface area contributed by atoms with Crippen molar-refractivity contribution in [1.29, 1.82) is 0 Å². The summed E-state index contributed by atoms with van der Waals surface area (Å²) < 4.78 is 0. The van der Waals surface area contributed by atoms with Gasteiger partial charge in [-0.15, -0.1) is 0 Å². The van der Waals surface area contributed by atoms with Crippen molar-refractivity contribution in [1.82, 2.24) is 0 Å². The maximum absolute atomic E-state index is 2.89. The Hall–Kier alpha value is -0.915. The molecule has 0 fully saturated rings. The Balaban J connectivity index is -0.0000000137. The van der Waals surface area contributed by atoms with Gasteiger partial charge in [-0.1, -0.05) is 12.1 Å². The zero-order chi connectivity index (χ0) is 8.49. The number of pyridine rings is 2. The van der Waals surface area contributed by atoms with Gasteiger partial charge in [0.25, 0.3) is 0 Å². The predicted octanol–water partition coefficient (Wildman–Crippen LogP) is 0.165. The van der Waals surface area contributed by atoms with Crippen LogP contribution in [-0.4, -0.2) is 0 Å². The summed E-state index contributed by atoms with van der Waals surface area (Å²) in [6.45, 7) is 0. The smallest absolute Gasteiger partial charge is 2.00 e. The number of aromatic amines is 2. The summed E-state index contributed by atoms with van der Waals surface area (Å²) >= 11 is 0. The van der Waals surface area contributed by atoms with E-state index >= 15 is 0 Å². The van der Waals surface area contributed by atoms with Gasteiger partial charge in [-0.25, -0.2) is 9.97 Å². The van der Waals surface area contributed by atoms with E-state index in [1.54, 1.807) is 0 Å². The van der Waals surface area contributed by atoms with Crippen LogP contribution in [0.2, 0.25) is 0 Å². The first kappa shape index (κ1) is 59.5. The zero-order valence-corrected chi connectivity index (χ0v) is 13.0. The standard InChI is InChI=1S/2C5H5N.2Cr.7O/c2*1-2-4-6-5-3-1;;;;;;;;;/h2*1-5H;;;;;;;;;/q;;2*+6;7*-2/p+2. The van der Waals surface area contributed by atoms with E-state index < -0.39 is 0 Å². The van der Waals surface area contributed by atoms with Crippen LogP contribution in [0, 0.1) is 0 Å². The third-order valence-corrected chi connectivity index (χ3v) is 1.21. The average Bonchev–Trinajstić information content (AvgIpc) is 2.24. The molecule has 21 heavy (non-hydrogen) atoms. The molecule has 0 aromatic carbocycles. The molecule has 0 saturated heterocycles. The van der Waals surface area contributed by atoms with Crippen LogP contribution in [0.25, 0.3) is 0 Å². The minimum atomic E-state index is 0. The molecular formula is C10H12Cr2N2O7. The van der Waals surface area contributed by atoms with E-state index in [0.29, 0.717) is 0 Å². The van der Waals surface area contributed by atoms with Crippen molar-refractivity contribution in [3.8, 4) is 0 Å². The summed E-state index contributed by atoms with van der Waals surface area (Å²) in [6, 6.07) is 11.7. The van der Waals surface area contributed by atoms with E-state index in [1.165, 1.54) is 0 Å². The van der Waals surface area contributed by atoms with Gasteiger partial charge in [-0.3, -0.25) is 0 Å². The van der Waals surface area contributed by atoms with Crippen LogP contribution in [0.1, 0.15) is 0 Å². The van der Waals surface area contributed by atoms with Gasteiger partial charge < -0.3 is 38.3 Å². The van der Waals surface area contributed by atoms with E-state index in [-0.39, 0.29) is 73.1 Å². The molecule has 0 radical (unpaired) electrons. The zero-order valence-electron chi connectivity index (χ0n) is 10.4. The summed E-state index contributed by atoms with van der Waals surface area (Å²) in [6.07, 6.45) is 7.50. The Morgan fingerprint density at radius 3 is 0.571 bits per heavy atom. The molecule has 9 nitrogen and oxygen atoms in total. The monoisotopic (exact) mass is 376 g/mol. The topological polar surface area (TPSA) is 228 Å². The van der Waals surface area contributed by atoms with E-state index in [1.807, 2.05) is 61.2 Å². The molecule has 0 aliphatic rings. The molecule has 0 unspecified atom stereocenters. The summed E-state index contributed by atoms with van der Waals surface area (Å²) in [5.41, 5.74) is 0. The molecule has 116 valence electrons. The van der Waals surface area contributed by atoms with Gasteiger partial charge in [0.1, 0.15) is 0 Å². The maximum atomic E-state index is 2.89. The van der Waals surface area contributed by atoms with Crippen molar-refractivity contribution in [2.24, 2.45) is 0 Å². The van der Waals surface area contributed by atoms with Gasteiger partial charge in [-0.05, 0) is 0 Å². The molecule has 0 atom stereocenters. The first-order chi connectivity index (χ1) is 6.00. The molecule has 0 aliphatic carbocycles. The van der Waals surface area contributed by atoms with Gasteiger partial charge in [0.2, 0.25) is 0 Å². The summed E-state index contributed by atoms with van der Waals surface area (Å²) in [7, 11) is 0. The molecule has 2 aromatic rings. The number of aromatic nitrogens is 2. The Morgan fingerprint density at radius 2 is 0.524 bits per heavy atom. The first-order valence-corrected chi connectivity index (χ1v) is 3.82. The molecule has 0 spiro atoms. The number of rotatable bonds is 0. The van der Waals surface area contributed by atoms with Crippen LogP contribution in [-0.2, 0) is 73.1 Å². The van der Waals surface area contributed by atoms with Crippen molar-refractivity contribution < 1.29 is 83.0 Å². The van der Waals surface area contributed by atoms with Gasteiger partial charge in [0.05, 0.1) is 0 Å². The molecule has 0 aliphatic heterocycles. The van der Waals surface area contributed by atoms with Crippen molar-refractivity contribution in [3.63, 3.8) is 0 Å². The van der Waals surface area contributed by atoms with Crippen molar-refractivity contribution in [2.45, 2.75) is 0 Å². The van der Waals surface area contributed by atoms with E-state index in [2.05, 4.69) is 9.97 Å². The second-order valence-electron chi connectivity index (χ2n) is 2.15. The largest absolute Gasteiger partial charge is 6.00 e. The predicted molar refractivity (Wildman–Crippen MR) is 50.8 cm³/mol. The van der Waals surface area contributed by atoms with Crippen LogP contribution >= 0.6 is 0 Å². The quantitative estimate of drug-likeness (QED) is 0.598. The molecule has 2 rings (SSSR count). The number of nitrogens with one attached hydrogen (secondary N) is 2. The van der Waals surface area contributed by atoms with Crippen molar-refractivity contribution in [2.75, 3.05) is 0 Å². The minimum absolute atomic E-state index is 0. The summed E-state index contributed by atoms with van der Waals surface area (Å²) in [5.74, 6) is 0. The molecule has 2 N–H and O–H groups in total. The Kier molecular flexibility index (Phi) is 144. The third kappa shape index (κ3) is 45.3. The van der Waals surface area contributed by atoms with Gasteiger partial charge in [0, 0.05) is 24.3 Å². The fraction of sp³-hybridized carbons (Fsp3) is 0. The Labute approximate surface area is 144 Å². The van der Waals surface area contributed by atoms with Crippen LogP contribution in [0.15, 0.2) is 61.2 Å². The van der Waals surface area contributed by atoms with Crippen LogP contribution in [0.5, 0.6) is 0 Å². The molecule has 0 bridgehead atoms. The third-order valence-electron chi connectivity index (χ3n) is 1.21. The minimum Gasteiger partial charge on any atom is -2.00 e. The van der Waals surface area contributed by atoms with Gasteiger partial charge in [0.15, 0.2) is 24.8 Å². The Bertz CT molecular complexity index is 211. The molecule has 2 aromatic heterocycles. The Morgan fingerprint density at radius 1 is 0.333 bits per heavy atom.